The highest BCUT2D eigenvalue weighted by molar-refractivity contribution is 5.44. The number of rotatable bonds is 4. The third-order valence-corrected chi connectivity index (χ3v) is 5.25. The summed E-state index contributed by atoms with van der Waals surface area (Å²) in [6, 6.07) is 17.0. The van der Waals surface area contributed by atoms with E-state index in [1.54, 1.807) is 0 Å². The zero-order valence-corrected chi connectivity index (χ0v) is 13.6. The molecule has 2 N–H and O–H groups in total. The number of hydrogen-bond acceptors (Lipinski definition) is 2. The molecular weight excluding hydrogens is 270 g/mol. The monoisotopic (exact) mass is 295 g/mol. The third-order valence-electron chi connectivity index (χ3n) is 5.25. The quantitative estimate of drug-likeness (QED) is 0.843. The number of fused-ring (bicyclic) bond motifs is 1. The summed E-state index contributed by atoms with van der Waals surface area (Å²) >= 11 is 0. The van der Waals surface area contributed by atoms with Crippen molar-refractivity contribution in [2.45, 2.75) is 38.3 Å². The van der Waals surface area contributed by atoms with Crippen LogP contribution >= 0.6 is 0 Å². The Kier molecular flexibility index (Phi) is 4.07. The fourth-order valence-corrected chi connectivity index (χ4v) is 3.88. The molecule has 0 saturated heterocycles. The van der Waals surface area contributed by atoms with Crippen molar-refractivity contribution in [3.63, 3.8) is 0 Å². The minimum Gasteiger partial charge on any atom is -0.371 e. The predicted octanol–water partition coefficient (Wildman–Crippen LogP) is 3.73. The minimum atomic E-state index is -0.912. The molecule has 0 aromatic heterocycles. The maximum absolute atomic E-state index is 11.1. The Morgan fingerprint density at radius 1 is 1.14 bits per heavy atom. The molecule has 0 spiro atoms. The van der Waals surface area contributed by atoms with Crippen molar-refractivity contribution in [1.82, 2.24) is 5.32 Å². The molecule has 0 fully saturated rings. The van der Waals surface area contributed by atoms with Crippen LogP contribution in [0, 0.1) is 12.8 Å². The van der Waals surface area contributed by atoms with Gasteiger partial charge in [-0.3, -0.25) is 5.32 Å². The summed E-state index contributed by atoms with van der Waals surface area (Å²) in [6.45, 7) is 4.28. The minimum absolute atomic E-state index is 0.165. The van der Waals surface area contributed by atoms with Crippen LogP contribution in [0.5, 0.6) is 0 Å². The Morgan fingerprint density at radius 2 is 1.86 bits per heavy atom. The molecule has 2 nitrogen and oxygen atoms in total. The molecule has 2 aromatic rings. The number of nitrogens with one attached hydrogen (secondary N) is 1. The van der Waals surface area contributed by atoms with Gasteiger partial charge in [-0.15, -0.1) is 0 Å². The van der Waals surface area contributed by atoms with Gasteiger partial charge < -0.3 is 5.11 Å². The SMILES string of the molecule is CNC1(O)c2ccc(C)cc2C(CCc2ccccc2)C1C. The lowest BCUT2D eigenvalue weighted by atomic mass is 9.86. The molecule has 3 unspecified atom stereocenters. The molecule has 0 amide bonds. The van der Waals surface area contributed by atoms with Crippen LogP contribution in [0.2, 0.25) is 0 Å². The average molecular weight is 295 g/mol. The van der Waals surface area contributed by atoms with Crippen LogP contribution in [-0.2, 0) is 12.1 Å². The number of aryl methyl sites for hydroxylation is 2. The second kappa shape index (κ2) is 5.86. The molecule has 0 saturated carbocycles. The van der Waals surface area contributed by atoms with Crippen molar-refractivity contribution in [3.05, 3.63) is 70.8 Å². The van der Waals surface area contributed by atoms with Crippen LogP contribution in [0.4, 0.5) is 0 Å². The van der Waals surface area contributed by atoms with Gasteiger partial charge in [0.05, 0.1) is 0 Å². The van der Waals surface area contributed by atoms with Crippen molar-refractivity contribution in [2.75, 3.05) is 7.05 Å². The van der Waals surface area contributed by atoms with Gasteiger partial charge >= 0.3 is 0 Å². The van der Waals surface area contributed by atoms with E-state index in [4.69, 9.17) is 0 Å². The van der Waals surface area contributed by atoms with Gasteiger partial charge in [0.15, 0.2) is 0 Å². The van der Waals surface area contributed by atoms with E-state index in [2.05, 4.69) is 67.7 Å². The molecule has 1 aliphatic carbocycles. The molecule has 1 aliphatic rings. The second-order valence-corrected chi connectivity index (χ2v) is 6.53. The summed E-state index contributed by atoms with van der Waals surface area (Å²) in [5, 5.41) is 14.2. The molecule has 0 radical (unpaired) electrons. The predicted molar refractivity (Wildman–Crippen MR) is 90.8 cm³/mol. The van der Waals surface area contributed by atoms with Crippen molar-refractivity contribution < 1.29 is 5.11 Å². The van der Waals surface area contributed by atoms with Crippen LogP contribution in [0.3, 0.4) is 0 Å². The molecule has 116 valence electrons. The van der Waals surface area contributed by atoms with Crippen molar-refractivity contribution in [3.8, 4) is 0 Å². The Bertz CT molecular complexity index is 652. The maximum Gasteiger partial charge on any atom is 0.145 e. The first-order chi connectivity index (χ1) is 10.6. The molecule has 0 bridgehead atoms. The van der Waals surface area contributed by atoms with E-state index < -0.39 is 5.72 Å². The normalized spacial score (nSPS) is 26.9. The van der Waals surface area contributed by atoms with Gasteiger partial charge in [0.1, 0.15) is 5.72 Å². The van der Waals surface area contributed by atoms with E-state index in [9.17, 15) is 5.11 Å². The van der Waals surface area contributed by atoms with Crippen LogP contribution in [-0.4, -0.2) is 12.2 Å². The first-order valence-corrected chi connectivity index (χ1v) is 8.12. The van der Waals surface area contributed by atoms with Gasteiger partial charge in [-0.05, 0) is 43.9 Å². The molecule has 2 aromatic carbocycles. The van der Waals surface area contributed by atoms with Crippen LogP contribution < -0.4 is 5.32 Å². The van der Waals surface area contributed by atoms with Crippen molar-refractivity contribution in [2.24, 2.45) is 5.92 Å². The van der Waals surface area contributed by atoms with E-state index in [0.717, 1.165) is 18.4 Å². The lowest BCUT2D eigenvalue weighted by Crippen LogP contribution is -2.43. The molecule has 3 rings (SSSR count). The Labute approximate surface area is 133 Å². The zero-order valence-electron chi connectivity index (χ0n) is 13.6. The fourth-order valence-electron chi connectivity index (χ4n) is 3.88. The van der Waals surface area contributed by atoms with Gasteiger partial charge in [0.25, 0.3) is 0 Å². The highest BCUT2D eigenvalue weighted by Crippen LogP contribution is 2.49. The van der Waals surface area contributed by atoms with E-state index in [0.29, 0.717) is 5.92 Å². The summed E-state index contributed by atoms with van der Waals surface area (Å²) < 4.78 is 0. The topological polar surface area (TPSA) is 32.3 Å². The van der Waals surface area contributed by atoms with E-state index >= 15 is 0 Å². The summed E-state index contributed by atoms with van der Waals surface area (Å²) in [4.78, 5) is 0. The van der Waals surface area contributed by atoms with E-state index in [1.807, 2.05) is 7.05 Å². The van der Waals surface area contributed by atoms with Crippen molar-refractivity contribution >= 4 is 0 Å². The Morgan fingerprint density at radius 3 is 2.55 bits per heavy atom. The average Bonchev–Trinajstić information content (AvgIpc) is 2.75. The summed E-state index contributed by atoms with van der Waals surface area (Å²) in [5.74, 6) is 0.547. The fraction of sp³-hybridized carbons (Fsp3) is 0.400. The van der Waals surface area contributed by atoms with Gasteiger partial charge in [0, 0.05) is 11.5 Å². The van der Waals surface area contributed by atoms with Crippen molar-refractivity contribution in [1.29, 1.82) is 0 Å². The molecule has 22 heavy (non-hydrogen) atoms. The van der Waals surface area contributed by atoms with E-state index in [1.165, 1.54) is 16.7 Å². The zero-order chi connectivity index (χ0) is 15.7. The van der Waals surface area contributed by atoms with E-state index in [-0.39, 0.29) is 5.92 Å². The number of aliphatic hydroxyl groups is 1. The number of benzene rings is 2. The largest absolute Gasteiger partial charge is 0.371 e. The van der Waals surface area contributed by atoms with Gasteiger partial charge in [-0.1, -0.05) is 61.0 Å². The van der Waals surface area contributed by atoms with Crippen LogP contribution in [0.1, 0.15) is 41.5 Å². The van der Waals surface area contributed by atoms with Gasteiger partial charge in [-0.25, -0.2) is 0 Å². The highest BCUT2D eigenvalue weighted by Gasteiger charge is 2.47. The van der Waals surface area contributed by atoms with Crippen LogP contribution in [0.15, 0.2) is 48.5 Å². The second-order valence-electron chi connectivity index (χ2n) is 6.53. The molecule has 2 heteroatoms. The first-order valence-electron chi connectivity index (χ1n) is 8.12. The van der Waals surface area contributed by atoms with Gasteiger partial charge in [0.2, 0.25) is 0 Å². The smallest absolute Gasteiger partial charge is 0.145 e. The lowest BCUT2D eigenvalue weighted by Gasteiger charge is -2.30. The summed E-state index contributed by atoms with van der Waals surface area (Å²) in [7, 11) is 1.85. The molecule has 0 heterocycles. The maximum atomic E-state index is 11.1. The Hall–Kier alpha value is -1.64. The molecule has 3 atom stereocenters. The van der Waals surface area contributed by atoms with Crippen LogP contribution in [0.25, 0.3) is 0 Å². The first kappa shape index (κ1) is 15.3. The summed E-state index contributed by atoms with van der Waals surface area (Å²) in [6.07, 6.45) is 2.11. The Balaban J connectivity index is 1.90. The molecule has 0 aliphatic heterocycles. The highest BCUT2D eigenvalue weighted by atomic mass is 16.3. The third kappa shape index (κ3) is 2.47. The lowest BCUT2D eigenvalue weighted by molar-refractivity contribution is -0.0391. The number of hydrogen-bond donors (Lipinski definition) is 2. The summed E-state index contributed by atoms with van der Waals surface area (Å²) in [5.41, 5.74) is 4.07. The standard InChI is InChI=1S/C20H25NO/c1-14-9-12-19-18(13-14)17(15(2)20(19,22)21-3)11-10-16-7-5-4-6-8-16/h4-9,12-13,15,17,21-22H,10-11H2,1-3H3. The molecular formula is C20H25NO. The van der Waals surface area contributed by atoms with Gasteiger partial charge in [-0.2, -0.15) is 0 Å².